The molecule has 1 heterocycles. The summed E-state index contributed by atoms with van der Waals surface area (Å²) in [6.07, 6.45) is 4.58. The lowest BCUT2D eigenvalue weighted by molar-refractivity contribution is -0.402. The van der Waals surface area contributed by atoms with Crippen LogP contribution in [0.3, 0.4) is 0 Å². The van der Waals surface area contributed by atoms with Crippen molar-refractivity contribution in [3.63, 3.8) is 0 Å². The highest BCUT2D eigenvalue weighted by atomic mass is 32.2. The molecule has 6 nitrogen and oxygen atoms in total. The van der Waals surface area contributed by atoms with Crippen LogP contribution in [0.1, 0.15) is 12.8 Å². The fourth-order valence-corrected chi connectivity index (χ4v) is 2.22. The van der Waals surface area contributed by atoms with E-state index >= 15 is 0 Å². The Kier molecular flexibility index (Phi) is 4.84. The Balaban J connectivity index is 3.07. The molecule has 0 aliphatic carbocycles. The van der Waals surface area contributed by atoms with E-state index in [4.69, 9.17) is 11.0 Å². The maximum absolute atomic E-state index is 10.5. The fourth-order valence-electron chi connectivity index (χ4n) is 1.67. The number of nitro groups is 1. The summed E-state index contributed by atoms with van der Waals surface area (Å²) >= 11 is 1.15. The second kappa shape index (κ2) is 6.15. The highest BCUT2D eigenvalue weighted by molar-refractivity contribution is 8.02. The molecule has 0 aromatic carbocycles. The molecule has 92 valence electrons. The molecule has 0 amide bonds. The normalized spacial score (nSPS) is 17.6. The third-order valence-corrected chi connectivity index (χ3v) is 3.25. The highest BCUT2D eigenvalue weighted by Gasteiger charge is 2.19. The monoisotopic (exact) mass is 254 g/mol. The average Bonchev–Trinajstić information content (AvgIpc) is 2.81. The third-order valence-electron chi connectivity index (χ3n) is 2.50. The van der Waals surface area contributed by atoms with Crippen molar-refractivity contribution in [1.82, 2.24) is 4.90 Å². The summed E-state index contributed by atoms with van der Waals surface area (Å²) in [5.41, 5.74) is 6.08. The van der Waals surface area contributed by atoms with Crippen molar-refractivity contribution in [3.8, 4) is 6.07 Å². The zero-order chi connectivity index (χ0) is 12.8. The molecule has 1 aliphatic heterocycles. The van der Waals surface area contributed by atoms with Gasteiger partial charge in [-0.25, -0.2) is 0 Å². The topological polar surface area (TPSA) is 96.2 Å². The van der Waals surface area contributed by atoms with Gasteiger partial charge in [-0.1, -0.05) is 0 Å². The lowest BCUT2D eigenvalue weighted by Gasteiger charge is -2.19. The van der Waals surface area contributed by atoms with Crippen molar-refractivity contribution in [3.05, 3.63) is 32.6 Å². The van der Waals surface area contributed by atoms with Gasteiger partial charge < -0.3 is 10.6 Å². The van der Waals surface area contributed by atoms with Gasteiger partial charge in [0.25, 0.3) is 0 Å². The minimum atomic E-state index is -0.569. The zero-order valence-electron chi connectivity index (χ0n) is 9.55. The van der Waals surface area contributed by atoms with Gasteiger partial charge in [0.15, 0.2) is 0 Å². The predicted molar refractivity (Wildman–Crippen MR) is 66.2 cm³/mol. The Bertz CT molecular complexity index is 405. The van der Waals surface area contributed by atoms with Gasteiger partial charge in [0.2, 0.25) is 6.20 Å². The van der Waals surface area contributed by atoms with Crippen LogP contribution >= 0.6 is 11.8 Å². The SMILES string of the molecule is CSC(=C\[N+](=O)[O-])/C(C#N)=C(\N)N1CCCC1. The standard InChI is InChI=1S/C10H14N4O2S/c1-17-9(7-14(15)16)8(6-11)10(12)13-4-2-3-5-13/h7H,2-5,12H2,1H3/b9-7-,10-8+. The van der Waals surface area contributed by atoms with Gasteiger partial charge >= 0.3 is 0 Å². The number of nitrogens with two attached hydrogens (primary N) is 1. The van der Waals surface area contributed by atoms with E-state index in [1.165, 1.54) is 0 Å². The zero-order valence-corrected chi connectivity index (χ0v) is 10.4. The van der Waals surface area contributed by atoms with E-state index in [-0.39, 0.29) is 5.57 Å². The first-order valence-corrected chi connectivity index (χ1v) is 6.37. The van der Waals surface area contributed by atoms with Crippen LogP contribution in [0.4, 0.5) is 0 Å². The van der Waals surface area contributed by atoms with Gasteiger partial charge in [-0.05, 0) is 19.1 Å². The van der Waals surface area contributed by atoms with E-state index < -0.39 is 4.92 Å². The van der Waals surface area contributed by atoms with Crippen LogP contribution in [0.15, 0.2) is 22.5 Å². The predicted octanol–water partition coefficient (Wildman–Crippen LogP) is 1.26. The number of nitriles is 1. The molecule has 0 aromatic heterocycles. The van der Waals surface area contributed by atoms with Crippen molar-refractivity contribution in [1.29, 1.82) is 5.26 Å². The van der Waals surface area contributed by atoms with Gasteiger partial charge in [0.05, 0.1) is 9.83 Å². The maximum Gasteiger partial charge on any atom is 0.249 e. The van der Waals surface area contributed by atoms with Crippen molar-refractivity contribution < 1.29 is 4.92 Å². The minimum absolute atomic E-state index is 0.191. The molecular weight excluding hydrogens is 240 g/mol. The highest BCUT2D eigenvalue weighted by Crippen LogP contribution is 2.25. The number of thioether (sulfide) groups is 1. The van der Waals surface area contributed by atoms with E-state index in [1.807, 2.05) is 11.0 Å². The Labute approximate surface area is 104 Å². The average molecular weight is 254 g/mol. The summed E-state index contributed by atoms with van der Waals surface area (Å²) < 4.78 is 0. The Morgan fingerprint density at radius 3 is 2.59 bits per heavy atom. The van der Waals surface area contributed by atoms with Crippen LogP contribution < -0.4 is 5.73 Å². The van der Waals surface area contributed by atoms with Gasteiger partial charge in [0, 0.05) is 13.1 Å². The number of rotatable bonds is 4. The molecule has 0 bridgehead atoms. The molecule has 2 N–H and O–H groups in total. The lowest BCUT2D eigenvalue weighted by Crippen LogP contribution is -2.26. The van der Waals surface area contributed by atoms with Gasteiger partial charge in [-0.15, -0.1) is 11.8 Å². The van der Waals surface area contributed by atoms with Gasteiger partial charge in [-0.3, -0.25) is 10.1 Å². The molecule has 0 radical (unpaired) electrons. The van der Waals surface area contributed by atoms with E-state index in [0.29, 0.717) is 10.7 Å². The van der Waals surface area contributed by atoms with E-state index in [2.05, 4.69) is 0 Å². The molecule has 1 saturated heterocycles. The van der Waals surface area contributed by atoms with Crippen LogP contribution in [0.25, 0.3) is 0 Å². The van der Waals surface area contributed by atoms with Crippen LogP contribution in [0.5, 0.6) is 0 Å². The van der Waals surface area contributed by atoms with Crippen LogP contribution in [0, 0.1) is 21.4 Å². The van der Waals surface area contributed by atoms with E-state index in [0.717, 1.165) is 43.9 Å². The van der Waals surface area contributed by atoms with Gasteiger partial charge in [-0.2, -0.15) is 5.26 Å². The second-order valence-electron chi connectivity index (χ2n) is 3.55. The van der Waals surface area contributed by atoms with Crippen LogP contribution in [-0.4, -0.2) is 29.2 Å². The summed E-state index contributed by atoms with van der Waals surface area (Å²) in [4.78, 5) is 12.1. The molecule has 0 unspecified atom stereocenters. The smallest absolute Gasteiger partial charge is 0.249 e. The minimum Gasteiger partial charge on any atom is -0.384 e. The number of allylic oxidation sites excluding steroid dienone is 1. The molecular formula is C10H14N4O2S. The molecule has 7 heteroatoms. The summed E-state index contributed by atoms with van der Waals surface area (Å²) in [5, 5.41) is 19.5. The molecule has 0 atom stereocenters. The number of nitrogens with zero attached hydrogens (tertiary/aromatic N) is 3. The number of likely N-dealkylation sites (tertiary alicyclic amines) is 1. The maximum atomic E-state index is 10.5. The molecule has 0 spiro atoms. The molecule has 17 heavy (non-hydrogen) atoms. The van der Waals surface area contributed by atoms with Crippen molar-refractivity contribution in [2.24, 2.45) is 5.73 Å². The first-order valence-electron chi connectivity index (χ1n) is 5.14. The first-order chi connectivity index (χ1) is 8.10. The fraction of sp³-hybridized carbons (Fsp3) is 0.500. The third kappa shape index (κ3) is 3.39. The van der Waals surface area contributed by atoms with Crippen LogP contribution in [0.2, 0.25) is 0 Å². The Hall–Kier alpha value is -1.68. The lowest BCUT2D eigenvalue weighted by atomic mass is 10.2. The largest absolute Gasteiger partial charge is 0.384 e. The summed E-state index contributed by atoms with van der Waals surface area (Å²) in [6.45, 7) is 1.61. The first kappa shape index (κ1) is 13.4. The van der Waals surface area contributed by atoms with E-state index in [9.17, 15) is 10.1 Å². The number of hydrogen-bond donors (Lipinski definition) is 1. The van der Waals surface area contributed by atoms with Crippen LogP contribution in [-0.2, 0) is 0 Å². The Morgan fingerprint density at radius 2 is 2.18 bits per heavy atom. The molecule has 1 rings (SSSR count). The Morgan fingerprint density at radius 1 is 1.59 bits per heavy atom. The van der Waals surface area contributed by atoms with Crippen molar-refractivity contribution in [2.45, 2.75) is 12.8 Å². The molecule has 1 fully saturated rings. The van der Waals surface area contributed by atoms with Crippen molar-refractivity contribution >= 4 is 11.8 Å². The van der Waals surface area contributed by atoms with Gasteiger partial charge in [0.1, 0.15) is 17.5 Å². The molecule has 0 saturated carbocycles. The number of hydrogen-bond acceptors (Lipinski definition) is 6. The summed E-state index contributed by atoms with van der Waals surface area (Å²) in [7, 11) is 0. The second-order valence-corrected chi connectivity index (χ2v) is 4.40. The van der Waals surface area contributed by atoms with Crippen molar-refractivity contribution in [2.75, 3.05) is 19.3 Å². The summed E-state index contributed by atoms with van der Waals surface area (Å²) in [6, 6.07) is 1.95. The molecule has 0 aromatic rings. The van der Waals surface area contributed by atoms with E-state index in [1.54, 1.807) is 6.26 Å². The molecule has 1 aliphatic rings. The quantitative estimate of drug-likeness (QED) is 0.351. The summed E-state index contributed by atoms with van der Waals surface area (Å²) in [5.74, 6) is 0.340.